The third kappa shape index (κ3) is 1.96. The molecule has 0 saturated carbocycles. The summed E-state index contributed by atoms with van der Waals surface area (Å²) in [6.07, 6.45) is 4.85. The largest absolute Gasteiger partial charge is 0.492 e. The average Bonchev–Trinajstić information content (AvgIpc) is 2.83. The van der Waals surface area contributed by atoms with E-state index in [1.807, 2.05) is 30.3 Å². The first-order valence-electron chi connectivity index (χ1n) is 5.36. The second kappa shape index (κ2) is 4.54. The Labute approximate surface area is 108 Å². The molecule has 3 aromatic rings. The van der Waals surface area contributed by atoms with Gasteiger partial charge in [0.25, 0.3) is 0 Å². The van der Waals surface area contributed by atoms with Gasteiger partial charge in [-0.05, 0) is 5.56 Å². The Hall–Kier alpha value is -2.27. The predicted molar refractivity (Wildman–Crippen MR) is 70.2 cm³/mol. The quantitative estimate of drug-likeness (QED) is 0.764. The van der Waals surface area contributed by atoms with Crippen LogP contribution in [0, 0.1) is 0 Å². The van der Waals surface area contributed by atoms with E-state index in [1.54, 1.807) is 18.6 Å². The van der Waals surface area contributed by atoms with Gasteiger partial charge in [-0.25, -0.2) is 0 Å². The maximum Gasteiger partial charge on any atom is 0.230 e. The molecule has 2 aromatic heterocycles. The summed E-state index contributed by atoms with van der Waals surface area (Å²) in [5.74, 6) is 0.0341. The van der Waals surface area contributed by atoms with Crippen LogP contribution in [0.2, 0.25) is 0 Å². The van der Waals surface area contributed by atoms with Crippen LogP contribution >= 0.6 is 11.3 Å². The smallest absolute Gasteiger partial charge is 0.230 e. The highest BCUT2D eigenvalue weighted by atomic mass is 32.1. The Kier molecular flexibility index (Phi) is 2.74. The van der Waals surface area contributed by atoms with Crippen LogP contribution in [-0.4, -0.2) is 20.1 Å². The van der Waals surface area contributed by atoms with Gasteiger partial charge in [-0.3, -0.25) is 9.97 Å². The van der Waals surface area contributed by atoms with Crippen LogP contribution in [0.4, 0.5) is 0 Å². The van der Waals surface area contributed by atoms with Gasteiger partial charge in [0.15, 0.2) is 0 Å². The number of thiazole rings is 1. The van der Waals surface area contributed by atoms with Crippen molar-refractivity contribution in [2.24, 2.45) is 0 Å². The van der Waals surface area contributed by atoms with Gasteiger partial charge in [0.2, 0.25) is 5.88 Å². The zero-order valence-electron chi connectivity index (χ0n) is 9.32. The Bertz CT molecular complexity index is 653. The van der Waals surface area contributed by atoms with Gasteiger partial charge in [-0.2, -0.15) is 4.98 Å². The molecular formula is C13H9N3OS. The van der Waals surface area contributed by atoms with E-state index in [0.29, 0.717) is 10.7 Å². The molecule has 0 bridgehead atoms. The molecule has 0 atom stereocenters. The lowest BCUT2D eigenvalue weighted by atomic mass is 10.2. The highest BCUT2D eigenvalue weighted by Gasteiger charge is 2.13. The van der Waals surface area contributed by atoms with Gasteiger partial charge < -0.3 is 5.11 Å². The first kappa shape index (κ1) is 10.9. The summed E-state index contributed by atoms with van der Waals surface area (Å²) in [5.41, 5.74) is 1.61. The number of aromatic hydroxyl groups is 1. The van der Waals surface area contributed by atoms with Crippen molar-refractivity contribution in [1.29, 1.82) is 0 Å². The van der Waals surface area contributed by atoms with Gasteiger partial charge in [-0.15, -0.1) is 11.3 Å². The third-order valence-electron chi connectivity index (χ3n) is 2.43. The summed E-state index contributed by atoms with van der Waals surface area (Å²) in [7, 11) is 0. The second-order valence-electron chi connectivity index (χ2n) is 3.63. The summed E-state index contributed by atoms with van der Waals surface area (Å²) in [5, 5.41) is 10.6. The van der Waals surface area contributed by atoms with E-state index >= 15 is 0 Å². The molecule has 0 aliphatic heterocycles. The van der Waals surface area contributed by atoms with E-state index in [0.717, 1.165) is 10.4 Å². The predicted octanol–water partition coefficient (Wildman–Crippen LogP) is 2.97. The van der Waals surface area contributed by atoms with E-state index in [-0.39, 0.29) is 5.88 Å². The van der Waals surface area contributed by atoms with Crippen LogP contribution in [0.3, 0.4) is 0 Å². The Morgan fingerprint density at radius 1 is 1.06 bits per heavy atom. The lowest BCUT2D eigenvalue weighted by molar-refractivity contribution is 0.459. The molecule has 18 heavy (non-hydrogen) atoms. The number of rotatable bonds is 2. The van der Waals surface area contributed by atoms with Crippen LogP contribution < -0.4 is 0 Å². The molecule has 2 heterocycles. The molecule has 0 fully saturated rings. The van der Waals surface area contributed by atoms with E-state index in [4.69, 9.17) is 0 Å². The van der Waals surface area contributed by atoms with Gasteiger partial charge in [0.05, 0.1) is 11.1 Å². The fourth-order valence-electron chi connectivity index (χ4n) is 1.61. The first-order valence-corrected chi connectivity index (χ1v) is 6.18. The molecule has 0 unspecified atom stereocenters. The second-order valence-corrected chi connectivity index (χ2v) is 4.63. The minimum Gasteiger partial charge on any atom is -0.492 e. The molecule has 4 nitrogen and oxygen atoms in total. The van der Waals surface area contributed by atoms with Crippen molar-refractivity contribution >= 4 is 11.3 Å². The van der Waals surface area contributed by atoms with Crippen molar-refractivity contribution in [3.8, 4) is 27.0 Å². The molecule has 0 radical (unpaired) electrons. The number of aromatic nitrogens is 3. The Balaban J connectivity index is 2.07. The van der Waals surface area contributed by atoms with Crippen LogP contribution in [0.5, 0.6) is 5.88 Å². The molecule has 0 aliphatic carbocycles. The van der Waals surface area contributed by atoms with Crippen LogP contribution in [0.15, 0.2) is 48.9 Å². The van der Waals surface area contributed by atoms with E-state index < -0.39 is 0 Å². The summed E-state index contributed by atoms with van der Waals surface area (Å²) >= 11 is 1.40. The minimum atomic E-state index is 0.0341. The van der Waals surface area contributed by atoms with E-state index in [1.165, 1.54) is 11.3 Å². The molecule has 88 valence electrons. The summed E-state index contributed by atoms with van der Waals surface area (Å²) in [6.45, 7) is 0. The summed E-state index contributed by atoms with van der Waals surface area (Å²) in [4.78, 5) is 13.0. The van der Waals surface area contributed by atoms with Crippen LogP contribution in [0.1, 0.15) is 0 Å². The van der Waals surface area contributed by atoms with Crippen molar-refractivity contribution in [2.75, 3.05) is 0 Å². The van der Waals surface area contributed by atoms with Gasteiger partial charge >= 0.3 is 0 Å². The number of benzene rings is 1. The van der Waals surface area contributed by atoms with Gasteiger partial charge in [-0.1, -0.05) is 30.3 Å². The van der Waals surface area contributed by atoms with E-state index in [9.17, 15) is 5.11 Å². The number of hydrogen-bond acceptors (Lipinski definition) is 5. The lowest BCUT2D eigenvalue weighted by Crippen LogP contribution is -1.81. The monoisotopic (exact) mass is 255 g/mol. The van der Waals surface area contributed by atoms with Crippen LogP contribution in [0.25, 0.3) is 21.1 Å². The molecule has 0 spiro atoms. The summed E-state index contributed by atoms with van der Waals surface area (Å²) < 4.78 is 0. The highest BCUT2D eigenvalue weighted by molar-refractivity contribution is 7.18. The van der Waals surface area contributed by atoms with Crippen molar-refractivity contribution in [1.82, 2.24) is 15.0 Å². The van der Waals surface area contributed by atoms with Crippen molar-refractivity contribution in [2.45, 2.75) is 0 Å². The topological polar surface area (TPSA) is 58.9 Å². The Morgan fingerprint density at radius 3 is 2.61 bits per heavy atom. The standard InChI is InChI=1S/C13H9N3OS/c17-12-11(9-4-2-1-3-5-9)18-13(16-12)10-8-14-6-7-15-10/h1-8,17H. The van der Waals surface area contributed by atoms with Crippen molar-refractivity contribution < 1.29 is 5.11 Å². The molecule has 1 aromatic carbocycles. The number of hydrogen-bond donors (Lipinski definition) is 1. The number of nitrogens with zero attached hydrogens (tertiary/aromatic N) is 3. The molecular weight excluding hydrogens is 246 g/mol. The summed E-state index contributed by atoms with van der Waals surface area (Å²) in [6, 6.07) is 9.67. The van der Waals surface area contributed by atoms with E-state index in [2.05, 4.69) is 15.0 Å². The normalized spacial score (nSPS) is 10.4. The fraction of sp³-hybridized carbons (Fsp3) is 0. The maximum absolute atomic E-state index is 9.90. The minimum absolute atomic E-state index is 0.0341. The van der Waals surface area contributed by atoms with Crippen LogP contribution in [-0.2, 0) is 0 Å². The SMILES string of the molecule is Oc1nc(-c2cnccn2)sc1-c1ccccc1. The zero-order valence-corrected chi connectivity index (χ0v) is 10.1. The highest BCUT2D eigenvalue weighted by Crippen LogP contribution is 2.38. The third-order valence-corrected chi connectivity index (χ3v) is 3.54. The molecule has 1 N–H and O–H groups in total. The fourth-order valence-corrected chi connectivity index (χ4v) is 2.54. The first-order chi connectivity index (χ1) is 8.84. The van der Waals surface area contributed by atoms with Gasteiger partial charge in [0, 0.05) is 12.4 Å². The Morgan fingerprint density at radius 2 is 1.89 bits per heavy atom. The molecule has 3 rings (SSSR count). The lowest BCUT2D eigenvalue weighted by Gasteiger charge is -1.95. The molecule has 0 saturated heterocycles. The van der Waals surface area contributed by atoms with Crippen molar-refractivity contribution in [3.05, 3.63) is 48.9 Å². The van der Waals surface area contributed by atoms with Crippen molar-refractivity contribution in [3.63, 3.8) is 0 Å². The molecule has 5 heteroatoms. The van der Waals surface area contributed by atoms with Gasteiger partial charge in [0.1, 0.15) is 10.7 Å². The average molecular weight is 255 g/mol. The molecule has 0 amide bonds. The maximum atomic E-state index is 9.90. The zero-order chi connectivity index (χ0) is 12.4. The molecule has 0 aliphatic rings.